The number of hydrogen-bond acceptors (Lipinski definition) is 0. The Morgan fingerprint density at radius 2 is 1.44 bits per heavy atom. The molecule has 50 valence electrons. The number of allylic oxidation sites excluding steroid dienone is 2. The van der Waals surface area contributed by atoms with E-state index >= 15 is 0 Å². The Kier molecular flexibility index (Phi) is 1.80. The molecule has 9 heavy (non-hydrogen) atoms. The summed E-state index contributed by atoms with van der Waals surface area (Å²) in [6.07, 6.45) is 6.23. The number of hydrogen-bond donors (Lipinski definition) is 0. The van der Waals surface area contributed by atoms with Crippen molar-refractivity contribution in [1.29, 1.82) is 0 Å². The highest BCUT2D eigenvalue weighted by Crippen LogP contribution is 2.47. The molecule has 0 heterocycles. The third-order valence-electron chi connectivity index (χ3n) is 2.27. The summed E-state index contributed by atoms with van der Waals surface area (Å²) in [5.74, 6) is 1.83. The smallest absolute Gasteiger partial charge is 0.0296 e. The molecule has 0 saturated heterocycles. The lowest BCUT2D eigenvalue weighted by atomic mass is 10.1. The number of alkyl halides is 2. The average molecular weight is 346 g/mol. The highest BCUT2D eigenvalue weighted by molar-refractivity contribution is 14.1. The Morgan fingerprint density at radius 3 is 1.67 bits per heavy atom. The monoisotopic (exact) mass is 346 g/mol. The van der Waals surface area contributed by atoms with Crippen molar-refractivity contribution in [3.05, 3.63) is 12.2 Å². The molecule has 0 aliphatic heterocycles. The van der Waals surface area contributed by atoms with E-state index in [9.17, 15) is 0 Å². The Hall–Kier alpha value is 1.20. The summed E-state index contributed by atoms with van der Waals surface area (Å²) in [6.45, 7) is 0. The van der Waals surface area contributed by atoms with Gasteiger partial charge in [0.15, 0.2) is 0 Å². The molecule has 0 N–H and O–H groups in total. The summed E-state index contributed by atoms with van der Waals surface area (Å²) >= 11 is 5.18. The van der Waals surface area contributed by atoms with E-state index in [1.807, 2.05) is 0 Å². The molecule has 0 amide bonds. The molecule has 0 radical (unpaired) electrons. The minimum Gasteiger partial charge on any atom is -0.0840 e. The van der Waals surface area contributed by atoms with Gasteiger partial charge in [-0.05, 0) is 18.3 Å². The van der Waals surface area contributed by atoms with Crippen molar-refractivity contribution in [3.8, 4) is 0 Å². The van der Waals surface area contributed by atoms with Gasteiger partial charge in [-0.15, -0.1) is 0 Å². The quantitative estimate of drug-likeness (QED) is 0.360. The van der Waals surface area contributed by atoms with Gasteiger partial charge in [-0.3, -0.25) is 0 Å². The Labute approximate surface area is 82.8 Å². The minimum absolute atomic E-state index is 0.914. The highest BCUT2D eigenvalue weighted by atomic mass is 127. The molecule has 0 spiro atoms. The SMILES string of the molecule is IC1C2C=CC(C2)C1I. The Balaban J connectivity index is 2.26. The lowest BCUT2D eigenvalue weighted by Gasteiger charge is -2.16. The summed E-state index contributed by atoms with van der Waals surface area (Å²) in [7, 11) is 0. The van der Waals surface area contributed by atoms with Gasteiger partial charge in [0.2, 0.25) is 0 Å². The van der Waals surface area contributed by atoms with Crippen molar-refractivity contribution in [1.82, 2.24) is 0 Å². The second-order valence-corrected chi connectivity index (χ2v) is 5.71. The fourth-order valence-electron chi connectivity index (χ4n) is 1.70. The van der Waals surface area contributed by atoms with Gasteiger partial charge in [-0.1, -0.05) is 57.3 Å². The van der Waals surface area contributed by atoms with Gasteiger partial charge in [-0.2, -0.15) is 0 Å². The molecular weight excluding hydrogens is 338 g/mol. The maximum atomic E-state index is 2.59. The molecule has 1 saturated carbocycles. The van der Waals surface area contributed by atoms with Gasteiger partial charge in [0, 0.05) is 7.85 Å². The van der Waals surface area contributed by atoms with Crippen LogP contribution in [0.2, 0.25) is 0 Å². The summed E-state index contributed by atoms with van der Waals surface area (Å²) in [4.78, 5) is 0. The predicted octanol–water partition coefficient (Wildman–Crippen LogP) is 2.80. The number of rotatable bonds is 0. The van der Waals surface area contributed by atoms with E-state index in [2.05, 4.69) is 57.3 Å². The topological polar surface area (TPSA) is 0 Å². The van der Waals surface area contributed by atoms with Crippen molar-refractivity contribution in [2.45, 2.75) is 14.3 Å². The minimum atomic E-state index is 0.914. The van der Waals surface area contributed by atoms with E-state index in [1.165, 1.54) is 6.42 Å². The molecule has 4 unspecified atom stereocenters. The van der Waals surface area contributed by atoms with Gasteiger partial charge in [0.25, 0.3) is 0 Å². The molecule has 0 aromatic heterocycles. The largest absolute Gasteiger partial charge is 0.0840 e. The third kappa shape index (κ3) is 0.968. The standard InChI is InChI=1S/C7H8I2/c8-6-4-1-2-5(3-4)7(6)9/h1-2,4-7H,3H2. The van der Waals surface area contributed by atoms with Gasteiger partial charge < -0.3 is 0 Å². The summed E-state index contributed by atoms with van der Waals surface area (Å²) in [5, 5.41) is 0. The zero-order chi connectivity index (χ0) is 6.43. The van der Waals surface area contributed by atoms with Crippen LogP contribution in [0.3, 0.4) is 0 Å². The first-order chi connectivity index (χ1) is 4.29. The van der Waals surface area contributed by atoms with Crippen molar-refractivity contribution >= 4 is 45.2 Å². The lowest BCUT2D eigenvalue weighted by Crippen LogP contribution is -2.17. The summed E-state index contributed by atoms with van der Waals surface area (Å²) in [5.41, 5.74) is 0. The molecule has 1 fully saturated rings. The summed E-state index contributed by atoms with van der Waals surface area (Å²) in [6, 6.07) is 0. The van der Waals surface area contributed by atoms with Crippen molar-refractivity contribution < 1.29 is 0 Å². The van der Waals surface area contributed by atoms with E-state index in [0.717, 1.165) is 19.7 Å². The van der Waals surface area contributed by atoms with Crippen molar-refractivity contribution in [2.75, 3.05) is 0 Å². The van der Waals surface area contributed by atoms with E-state index < -0.39 is 0 Å². The van der Waals surface area contributed by atoms with Gasteiger partial charge >= 0.3 is 0 Å². The molecule has 0 aromatic carbocycles. The molecule has 0 nitrogen and oxygen atoms in total. The van der Waals surface area contributed by atoms with Gasteiger partial charge in [0.1, 0.15) is 0 Å². The number of fused-ring (bicyclic) bond motifs is 2. The van der Waals surface area contributed by atoms with E-state index in [-0.39, 0.29) is 0 Å². The first-order valence-electron chi connectivity index (χ1n) is 3.25. The fourth-order valence-corrected chi connectivity index (χ4v) is 3.83. The maximum Gasteiger partial charge on any atom is 0.0296 e. The fraction of sp³-hybridized carbons (Fsp3) is 0.714. The highest BCUT2D eigenvalue weighted by Gasteiger charge is 2.41. The van der Waals surface area contributed by atoms with Crippen LogP contribution in [0.25, 0.3) is 0 Å². The molecule has 2 heteroatoms. The van der Waals surface area contributed by atoms with Crippen molar-refractivity contribution in [2.24, 2.45) is 11.8 Å². The lowest BCUT2D eigenvalue weighted by molar-refractivity contribution is 0.702. The van der Waals surface area contributed by atoms with Crippen LogP contribution in [0.5, 0.6) is 0 Å². The molecule has 2 bridgehead atoms. The zero-order valence-electron chi connectivity index (χ0n) is 4.93. The molecular formula is C7H8I2. The Bertz CT molecular complexity index is 137. The van der Waals surface area contributed by atoms with Crippen molar-refractivity contribution in [3.63, 3.8) is 0 Å². The van der Waals surface area contributed by atoms with E-state index in [4.69, 9.17) is 0 Å². The van der Waals surface area contributed by atoms with Crippen LogP contribution in [-0.2, 0) is 0 Å². The predicted molar refractivity (Wildman–Crippen MR) is 56.4 cm³/mol. The number of halogens is 2. The molecule has 2 aliphatic rings. The van der Waals surface area contributed by atoms with Crippen LogP contribution < -0.4 is 0 Å². The van der Waals surface area contributed by atoms with E-state index in [0.29, 0.717) is 0 Å². The molecule has 4 atom stereocenters. The van der Waals surface area contributed by atoms with Gasteiger partial charge in [0.05, 0.1) is 0 Å². The first kappa shape index (κ1) is 6.88. The second kappa shape index (κ2) is 2.36. The maximum absolute atomic E-state index is 2.59. The third-order valence-corrected chi connectivity index (χ3v) is 7.05. The van der Waals surface area contributed by atoms with E-state index in [1.54, 1.807) is 0 Å². The normalized spacial score (nSPS) is 54.9. The molecule has 2 aliphatic carbocycles. The van der Waals surface area contributed by atoms with Crippen LogP contribution in [0, 0.1) is 11.8 Å². The van der Waals surface area contributed by atoms with Crippen LogP contribution >= 0.6 is 45.2 Å². The molecule has 0 aromatic rings. The second-order valence-electron chi connectivity index (χ2n) is 2.84. The molecule has 2 rings (SSSR count). The van der Waals surface area contributed by atoms with Crippen LogP contribution in [0.15, 0.2) is 12.2 Å². The Morgan fingerprint density at radius 1 is 1.00 bits per heavy atom. The van der Waals surface area contributed by atoms with Gasteiger partial charge in [-0.25, -0.2) is 0 Å². The first-order valence-corrected chi connectivity index (χ1v) is 5.74. The summed E-state index contributed by atoms with van der Waals surface area (Å²) < 4.78 is 1.83. The van der Waals surface area contributed by atoms with Crippen LogP contribution in [0.1, 0.15) is 6.42 Å². The van der Waals surface area contributed by atoms with Crippen LogP contribution in [0.4, 0.5) is 0 Å². The van der Waals surface area contributed by atoms with Crippen LogP contribution in [-0.4, -0.2) is 7.85 Å². The average Bonchev–Trinajstić information content (AvgIpc) is 2.37. The zero-order valence-corrected chi connectivity index (χ0v) is 9.24.